The van der Waals surface area contributed by atoms with Crippen LogP contribution in [0.5, 0.6) is 0 Å². The summed E-state index contributed by atoms with van der Waals surface area (Å²) in [7, 11) is 0.717. The van der Waals surface area contributed by atoms with Crippen LogP contribution < -0.4 is 21.5 Å². The van der Waals surface area contributed by atoms with Gasteiger partial charge in [0.1, 0.15) is 6.21 Å². The van der Waals surface area contributed by atoms with E-state index in [2.05, 4.69) is 161 Å². The van der Waals surface area contributed by atoms with Crippen LogP contribution in [0.4, 0.5) is 0 Å². The Morgan fingerprint density at radius 3 is 1.23 bits per heavy atom. The molecule has 0 fully saturated rings. The summed E-state index contributed by atoms with van der Waals surface area (Å²) >= 11 is 0. The number of hydrazone groups is 1. The van der Waals surface area contributed by atoms with Crippen molar-refractivity contribution in [3.63, 3.8) is 0 Å². The molecule has 2 heterocycles. The van der Waals surface area contributed by atoms with Crippen molar-refractivity contribution in [1.29, 1.82) is 0 Å². The van der Waals surface area contributed by atoms with Crippen LogP contribution in [0.25, 0.3) is 0 Å². The fraction of sp³-hybridized carbons (Fsp3) is 0.511. The molecule has 0 spiro atoms. The maximum Gasteiger partial charge on any atom is 0.473 e. The standard InChI is InChI=1S/C18H17BN4.C10H16P2.C9H22P2.5C2H6/c1-3-9-17(10-4-1)19(22-15-7-13-20-22,23-16-8-14-21-23)18-11-5-2-6-12-18;1-11(2)9-7-5-6-8-10(9)12(3)4;1-9(2,7-10(3)4)8-11(5)6;5*1-2/h1-7,9-16H,8H2;5-8H,1-4H3;7-8H2,1-6H3;5*1-2H3. The highest BCUT2D eigenvalue weighted by molar-refractivity contribution is 7.70. The first-order valence-corrected chi connectivity index (χ1v) is 30.3. The van der Waals surface area contributed by atoms with Crippen molar-refractivity contribution in [3.05, 3.63) is 103 Å². The highest BCUT2D eigenvalue weighted by Gasteiger charge is 2.47. The first-order chi connectivity index (χ1) is 26.9. The first-order valence-electron chi connectivity index (χ1n) is 21.0. The van der Waals surface area contributed by atoms with E-state index in [1.165, 1.54) is 23.2 Å². The van der Waals surface area contributed by atoms with Gasteiger partial charge in [-0.2, -0.15) is 0 Å². The Bertz CT molecular complexity index is 1430. The monoisotopic (exact) mass is 841 g/mol. The third-order valence-electron chi connectivity index (χ3n) is 7.77. The number of aromatic nitrogens is 2. The number of rotatable bonds is 10. The Morgan fingerprint density at radius 1 is 0.571 bits per heavy atom. The van der Waals surface area contributed by atoms with Gasteiger partial charge >= 0.3 is 6.42 Å². The lowest BCUT2D eigenvalue weighted by Gasteiger charge is -2.34. The van der Waals surface area contributed by atoms with Gasteiger partial charge in [-0.3, -0.25) is 4.60 Å². The van der Waals surface area contributed by atoms with Gasteiger partial charge in [-0.1, -0.05) is 189 Å². The summed E-state index contributed by atoms with van der Waals surface area (Å²) in [5.74, 6) is 0. The Balaban J connectivity index is -0.000000729. The summed E-state index contributed by atoms with van der Waals surface area (Å²) in [6.45, 7) is 43.7. The van der Waals surface area contributed by atoms with Gasteiger partial charge in [0.25, 0.3) is 0 Å². The van der Waals surface area contributed by atoms with Gasteiger partial charge in [0.2, 0.25) is 0 Å². The molecular weight excluding hydrogens is 755 g/mol. The SMILES string of the molecule is C1=N[N+]([B-](c2ccccc2)(c2ccccc2)n2cccn2)=CC1.CC.CC.CC.CC.CC.CP(C)CC(C)(C)CP(C)C.CP(C)c1ccccc1P(C)C. The van der Waals surface area contributed by atoms with E-state index in [1.807, 2.05) is 111 Å². The number of nitrogens with zero attached hydrogens (tertiary/aromatic N) is 4. The van der Waals surface area contributed by atoms with Crippen molar-refractivity contribution in [1.82, 2.24) is 9.69 Å². The fourth-order valence-corrected chi connectivity index (χ4v) is 13.3. The fourth-order valence-electron chi connectivity index (χ4n) is 6.44. The molecule has 0 aliphatic carbocycles. The summed E-state index contributed by atoms with van der Waals surface area (Å²) in [6.07, 6.45) is 10.1. The molecule has 4 nitrogen and oxygen atoms in total. The van der Waals surface area contributed by atoms with E-state index < -0.39 is 6.42 Å². The van der Waals surface area contributed by atoms with Crippen molar-refractivity contribution in [2.24, 2.45) is 10.5 Å². The lowest BCUT2D eigenvalue weighted by Crippen LogP contribution is -2.70. The molecule has 9 heteroatoms. The van der Waals surface area contributed by atoms with Gasteiger partial charge in [-0.25, -0.2) is 5.10 Å². The van der Waals surface area contributed by atoms with Crippen LogP contribution in [0, 0.1) is 5.41 Å². The van der Waals surface area contributed by atoms with Crippen LogP contribution in [0.3, 0.4) is 0 Å². The lowest BCUT2D eigenvalue weighted by atomic mass is 9.37. The molecule has 0 amide bonds. The maximum atomic E-state index is 4.64. The van der Waals surface area contributed by atoms with E-state index in [1.54, 1.807) is 10.6 Å². The second-order valence-electron chi connectivity index (χ2n) is 13.6. The molecule has 3 aromatic carbocycles. The van der Waals surface area contributed by atoms with E-state index >= 15 is 0 Å². The molecule has 316 valence electrons. The highest BCUT2D eigenvalue weighted by Crippen LogP contribution is 2.41. The smallest absolute Gasteiger partial charge is 0.369 e. The van der Waals surface area contributed by atoms with Crippen molar-refractivity contribution >= 4 is 72.1 Å². The molecule has 0 bridgehead atoms. The predicted molar refractivity (Wildman–Crippen MR) is 276 cm³/mol. The normalized spacial score (nSPS) is 11.2. The van der Waals surface area contributed by atoms with E-state index in [0.29, 0.717) is 21.3 Å². The molecule has 0 unspecified atom stereocenters. The molecule has 0 radical (unpaired) electrons. The van der Waals surface area contributed by atoms with Gasteiger partial charge in [0.15, 0.2) is 0 Å². The average Bonchev–Trinajstić information content (AvgIpc) is 3.96. The Labute approximate surface area is 353 Å². The maximum absolute atomic E-state index is 4.64. The van der Waals surface area contributed by atoms with E-state index in [9.17, 15) is 0 Å². The van der Waals surface area contributed by atoms with Gasteiger partial charge in [-0.15, -0.1) is 26.8 Å². The third kappa shape index (κ3) is 20.6. The molecule has 0 saturated heterocycles. The van der Waals surface area contributed by atoms with Crippen LogP contribution in [-0.2, 0) is 0 Å². The third-order valence-corrected chi connectivity index (χ3v) is 13.6. The Morgan fingerprint density at radius 2 is 0.946 bits per heavy atom. The van der Waals surface area contributed by atoms with E-state index in [0.717, 1.165) is 6.42 Å². The van der Waals surface area contributed by atoms with Crippen molar-refractivity contribution in [2.45, 2.75) is 89.5 Å². The Hall–Kier alpha value is -2.01. The summed E-state index contributed by atoms with van der Waals surface area (Å²) in [5.41, 5.74) is 2.96. The van der Waals surface area contributed by atoms with E-state index in [-0.39, 0.29) is 15.8 Å². The summed E-state index contributed by atoms with van der Waals surface area (Å²) in [5, 5.41) is 12.4. The van der Waals surface area contributed by atoms with Gasteiger partial charge in [-0.05, 0) is 93.9 Å². The molecular formula is C47H85BN4P4. The first kappa shape index (κ1) is 58.3. The molecule has 0 atom stereocenters. The zero-order valence-corrected chi connectivity index (χ0v) is 43.3. The minimum atomic E-state index is -1.49. The van der Waals surface area contributed by atoms with Gasteiger partial charge in [0, 0.05) is 6.20 Å². The van der Waals surface area contributed by atoms with Crippen LogP contribution in [0.2, 0.25) is 0 Å². The van der Waals surface area contributed by atoms with Crippen molar-refractivity contribution in [3.8, 4) is 0 Å². The van der Waals surface area contributed by atoms with Gasteiger partial charge < -0.3 is 4.59 Å². The summed E-state index contributed by atoms with van der Waals surface area (Å²) in [6, 6.07) is 31.8. The zero-order chi connectivity index (χ0) is 43.7. The molecule has 56 heavy (non-hydrogen) atoms. The molecule has 5 rings (SSSR count). The highest BCUT2D eigenvalue weighted by atomic mass is 31.1. The molecule has 1 aliphatic rings. The number of benzene rings is 3. The average molecular weight is 841 g/mol. The predicted octanol–water partition coefficient (Wildman–Crippen LogP) is 12.5. The number of hydrogen-bond donors (Lipinski definition) is 0. The van der Waals surface area contributed by atoms with Gasteiger partial charge in [0.05, 0.1) is 12.6 Å². The van der Waals surface area contributed by atoms with Crippen molar-refractivity contribution < 1.29 is 4.60 Å². The molecule has 1 aromatic heterocycles. The summed E-state index contributed by atoms with van der Waals surface area (Å²) < 4.78 is 4.10. The van der Waals surface area contributed by atoms with Crippen LogP contribution >= 0.6 is 31.7 Å². The Kier molecular flexibility index (Phi) is 36.4. The quantitative estimate of drug-likeness (QED) is 0.116. The number of hydrogen-bond acceptors (Lipinski definition) is 2. The second-order valence-corrected chi connectivity index (χ2v) is 23.1. The van der Waals surface area contributed by atoms with E-state index in [4.69, 9.17) is 0 Å². The molecule has 1 aliphatic heterocycles. The minimum absolute atomic E-state index is 0.0674. The lowest BCUT2D eigenvalue weighted by molar-refractivity contribution is -0.394. The van der Waals surface area contributed by atoms with Crippen LogP contribution in [0.1, 0.15) is 89.5 Å². The summed E-state index contributed by atoms with van der Waals surface area (Å²) in [4.78, 5) is 0. The second kappa shape index (κ2) is 35.0. The molecule has 0 saturated carbocycles. The largest absolute Gasteiger partial charge is 0.473 e. The van der Waals surface area contributed by atoms with Crippen molar-refractivity contribution in [2.75, 3.05) is 65.6 Å². The van der Waals surface area contributed by atoms with Crippen LogP contribution in [-0.4, -0.2) is 98.8 Å². The molecule has 0 N–H and O–H groups in total. The van der Waals surface area contributed by atoms with Crippen LogP contribution in [0.15, 0.2) is 108 Å². The topological polar surface area (TPSA) is 33.2 Å². The zero-order valence-electron chi connectivity index (χ0n) is 39.7. The minimum Gasteiger partial charge on any atom is -0.369 e. The molecule has 4 aromatic rings.